The number of hydrogen-bond donors (Lipinski definition) is 0. The Kier molecular flexibility index (Phi) is 11.3. The molecule has 0 nitrogen and oxygen atoms in total. The van der Waals surface area contributed by atoms with Crippen molar-refractivity contribution in [3.63, 3.8) is 0 Å². The van der Waals surface area contributed by atoms with Gasteiger partial charge in [-0.15, -0.1) is 0 Å². The van der Waals surface area contributed by atoms with E-state index in [0.717, 1.165) is 28.5 Å². The number of hydrogen-bond acceptors (Lipinski definition) is 0. The van der Waals surface area contributed by atoms with Crippen molar-refractivity contribution < 1.29 is 0 Å². The van der Waals surface area contributed by atoms with Gasteiger partial charge in [0.2, 0.25) is 0 Å². The maximum absolute atomic E-state index is 2.30. The predicted octanol–water partition coefficient (Wildman–Crippen LogP) is 3.90. The fraction of sp³-hybridized carbons (Fsp3) is 0.571. The maximum atomic E-state index is 2.30. The van der Waals surface area contributed by atoms with Crippen molar-refractivity contribution in [1.82, 2.24) is 0 Å². The Morgan fingerprint density at radius 2 is 1.12 bits per heavy atom. The van der Waals surface area contributed by atoms with E-state index in [4.69, 9.17) is 0 Å². The first kappa shape index (κ1) is 17.9. The van der Waals surface area contributed by atoms with Gasteiger partial charge in [0.1, 0.15) is 0 Å². The molecule has 0 aliphatic carbocycles. The van der Waals surface area contributed by atoms with Gasteiger partial charge in [-0.1, -0.05) is 69.1 Å². The first-order valence-electron chi connectivity index (χ1n) is 6.21. The van der Waals surface area contributed by atoms with E-state index in [2.05, 4.69) is 61.8 Å². The van der Waals surface area contributed by atoms with Crippen LogP contribution in [0.4, 0.5) is 0 Å². The van der Waals surface area contributed by atoms with Crippen LogP contribution < -0.4 is 10.6 Å². The van der Waals surface area contributed by atoms with Crippen LogP contribution in [0.5, 0.6) is 0 Å². The third kappa shape index (κ3) is 9.46. The summed E-state index contributed by atoms with van der Waals surface area (Å²) in [6.07, 6.45) is 0. The van der Waals surface area contributed by atoms with Crippen LogP contribution in [0.25, 0.3) is 0 Å². The second kappa shape index (κ2) is 10.8. The molecule has 96 valence electrons. The van der Waals surface area contributed by atoms with Gasteiger partial charge in [-0.3, -0.25) is 0 Å². The molecule has 1 aromatic rings. The molecule has 2 atom stereocenters. The first-order valence-corrected chi connectivity index (χ1v) is 14.1. The van der Waals surface area contributed by atoms with Crippen LogP contribution in [-0.4, -0.2) is 32.5 Å². The molecule has 0 aromatic heterocycles. The van der Waals surface area contributed by atoms with Crippen molar-refractivity contribution in [2.24, 2.45) is 0 Å². The predicted molar refractivity (Wildman–Crippen MR) is 90.1 cm³/mol. The van der Waals surface area contributed by atoms with Crippen molar-refractivity contribution in [3.05, 3.63) is 24.3 Å². The fourth-order valence-corrected chi connectivity index (χ4v) is 3.90. The second-order valence-corrected chi connectivity index (χ2v) is 11.5. The third-order valence-electron chi connectivity index (χ3n) is 1.82. The number of benzene rings is 1. The molecule has 1 aromatic carbocycles. The Labute approximate surface area is 122 Å². The molecule has 0 saturated heterocycles. The van der Waals surface area contributed by atoms with Crippen molar-refractivity contribution in [3.8, 4) is 0 Å². The standard InChI is InChI=1S/C12H20P2.2CH3.Sn/c1-9(2)13-11-7-5-6-8-12(11)14-10(3)4;;;/h5-10,13-14H,1-4H3;2*1H3;. The van der Waals surface area contributed by atoms with Gasteiger partial charge in [0, 0.05) is 0 Å². The molecule has 0 aliphatic rings. The van der Waals surface area contributed by atoms with E-state index >= 15 is 0 Å². The molecule has 0 spiro atoms. The summed E-state index contributed by atoms with van der Waals surface area (Å²) >= 11 is 0.230. The van der Waals surface area contributed by atoms with Crippen LogP contribution in [0.1, 0.15) is 27.7 Å². The normalized spacial score (nSPS) is 11.8. The topological polar surface area (TPSA) is 0 Å². The Bertz CT molecular complexity index is 269. The van der Waals surface area contributed by atoms with Gasteiger partial charge in [-0.25, -0.2) is 0 Å². The summed E-state index contributed by atoms with van der Waals surface area (Å²) in [6.45, 7) is 9.20. The minimum absolute atomic E-state index is 0.230. The molecule has 1 rings (SSSR count). The Balaban J connectivity index is 0.000000770. The van der Waals surface area contributed by atoms with Crippen molar-refractivity contribution in [1.29, 1.82) is 0 Å². The molecule has 2 radical (unpaired) electrons. The molecule has 2 unspecified atom stereocenters. The molecule has 17 heavy (non-hydrogen) atoms. The summed E-state index contributed by atoms with van der Waals surface area (Å²) in [5.41, 5.74) is 1.57. The van der Waals surface area contributed by atoms with Crippen LogP contribution in [0, 0.1) is 0 Å². The molecule has 0 aliphatic heterocycles. The molecular weight excluding hydrogens is 349 g/mol. The molecule has 0 fully saturated rings. The van der Waals surface area contributed by atoms with Gasteiger partial charge < -0.3 is 0 Å². The van der Waals surface area contributed by atoms with Crippen molar-refractivity contribution in [2.75, 3.05) is 0 Å². The minimum atomic E-state index is 0.230. The fourth-order valence-electron chi connectivity index (χ4n) is 1.36. The Morgan fingerprint density at radius 3 is 1.35 bits per heavy atom. The van der Waals surface area contributed by atoms with Gasteiger partial charge in [0.15, 0.2) is 0 Å². The summed E-state index contributed by atoms with van der Waals surface area (Å²) < 4.78 is 0. The van der Waals surface area contributed by atoms with Gasteiger partial charge in [-0.05, 0) is 21.9 Å². The second-order valence-electron chi connectivity index (χ2n) is 4.64. The quantitative estimate of drug-likeness (QED) is 0.554. The summed E-state index contributed by atoms with van der Waals surface area (Å²) in [6, 6.07) is 8.92. The van der Waals surface area contributed by atoms with Crippen LogP contribution in [0.2, 0.25) is 9.88 Å². The molecular formula is C14H26P2Sn. The molecule has 0 bridgehead atoms. The summed E-state index contributed by atoms with van der Waals surface area (Å²) in [7, 11) is 1.93. The van der Waals surface area contributed by atoms with E-state index in [9.17, 15) is 0 Å². The van der Waals surface area contributed by atoms with Gasteiger partial charge in [0.25, 0.3) is 0 Å². The molecule has 3 heteroatoms. The van der Waals surface area contributed by atoms with E-state index in [1.54, 1.807) is 10.6 Å². The van der Waals surface area contributed by atoms with E-state index in [-0.39, 0.29) is 21.1 Å². The van der Waals surface area contributed by atoms with Gasteiger partial charge in [0.05, 0.1) is 0 Å². The zero-order valence-corrected chi connectivity index (χ0v) is 16.8. The average molecular weight is 375 g/mol. The molecule has 0 saturated carbocycles. The van der Waals surface area contributed by atoms with E-state index in [1.165, 1.54) is 0 Å². The van der Waals surface area contributed by atoms with Crippen LogP contribution in [0.3, 0.4) is 0 Å². The zero-order chi connectivity index (χ0) is 13.3. The SMILES string of the molecule is CC(C)Pc1ccccc1PC(C)C.[CH3][Sn][CH3]. The van der Waals surface area contributed by atoms with Crippen LogP contribution in [-0.2, 0) is 0 Å². The molecule has 0 N–H and O–H groups in total. The molecule has 0 amide bonds. The van der Waals surface area contributed by atoms with Crippen molar-refractivity contribution in [2.45, 2.75) is 48.9 Å². The monoisotopic (exact) mass is 376 g/mol. The summed E-state index contributed by atoms with van der Waals surface area (Å²) in [5, 5.41) is 3.16. The first-order chi connectivity index (χ1) is 8.01. The Morgan fingerprint density at radius 1 is 0.824 bits per heavy atom. The number of rotatable bonds is 4. The van der Waals surface area contributed by atoms with Crippen molar-refractivity contribution >= 4 is 48.9 Å². The van der Waals surface area contributed by atoms with E-state index in [0.29, 0.717) is 0 Å². The molecule has 0 heterocycles. The third-order valence-corrected chi connectivity index (χ3v) is 4.71. The summed E-state index contributed by atoms with van der Waals surface area (Å²) in [4.78, 5) is 4.59. The zero-order valence-electron chi connectivity index (χ0n) is 12.0. The van der Waals surface area contributed by atoms with Crippen LogP contribution >= 0.6 is 17.2 Å². The average Bonchev–Trinajstić information content (AvgIpc) is 2.20. The van der Waals surface area contributed by atoms with E-state index in [1.807, 2.05) is 0 Å². The van der Waals surface area contributed by atoms with Crippen LogP contribution in [0.15, 0.2) is 24.3 Å². The Hall–Kier alpha value is 0.879. The summed E-state index contributed by atoms with van der Waals surface area (Å²) in [5.74, 6) is 0. The van der Waals surface area contributed by atoms with E-state index < -0.39 is 0 Å². The van der Waals surface area contributed by atoms with Gasteiger partial charge >= 0.3 is 31.0 Å². The van der Waals surface area contributed by atoms with Gasteiger partial charge in [-0.2, -0.15) is 0 Å².